The molecule has 0 unspecified atom stereocenters. The van der Waals surface area contributed by atoms with Gasteiger partial charge in [0.05, 0.1) is 5.25 Å². The highest BCUT2D eigenvalue weighted by Crippen LogP contribution is 2.33. The molecule has 1 aliphatic carbocycles. The van der Waals surface area contributed by atoms with Crippen LogP contribution in [0.15, 0.2) is 42.1 Å². The van der Waals surface area contributed by atoms with E-state index in [9.17, 15) is 4.79 Å². The molecular weight excluding hydrogens is 318 g/mol. The lowest BCUT2D eigenvalue weighted by Crippen LogP contribution is -2.10. The van der Waals surface area contributed by atoms with E-state index in [0.717, 1.165) is 29.4 Å². The van der Waals surface area contributed by atoms with Crippen LogP contribution in [0.2, 0.25) is 5.02 Å². The van der Waals surface area contributed by atoms with Crippen molar-refractivity contribution in [2.75, 3.05) is 0 Å². The van der Waals surface area contributed by atoms with Crippen LogP contribution in [0.1, 0.15) is 19.3 Å². The second kappa shape index (κ2) is 6.67. The normalized spacial score (nSPS) is 17.9. The molecule has 1 saturated carbocycles. The average Bonchev–Trinajstić information content (AvgIpc) is 3.09. The molecule has 1 aliphatic rings. The lowest BCUT2D eigenvalue weighted by Gasteiger charge is -2.10. The molecule has 1 aromatic carbocycles. The van der Waals surface area contributed by atoms with Crippen LogP contribution >= 0.6 is 23.4 Å². The topological polar surface area (TPSA) is 47.8 Å². The van der Waals surface area contributed by atoms with Gasteiger partial charge in [0.1, 0.15) is 5.78 Å². The Labute approximate surface area is 138 Å². The highest BCUT2D eigenvalue weighted by molar-refractivity contribution is 8.00. The van der Waals surface area contributed by atoms with Crippen LogP contribution in [0.4, 0.5) is 0 Å². The van der Waals surface area contributed by atoms with Crippen LogP contribution in [0.25, 0.3) is 11.4 Å². The van der Waals surface area contributed by atoms with E-state index < -0.39 is 0 Å². The van der Waals surface area contributed by atoms with E-state index in [4.69, 9.17) is 11.6 Å². The average molecular weight is 334 g/mol. The number of hydrogen-bond donors (Lipinski definition) is 0. The number of aromatic nitrogens is 3. The number of halogens is 1. The van der Waals surface area contributed by atoms with Gasteiger partial charge in [0.25, 0.3) is 0 Å². The summed E-state index contributed by atoms with van der Waals surface area (Å²) in [5, 5.41) is 10.0. The van der Waals surface area contributed by atoms with Gasteiger partial charge in [-0.25, -0.2) is 0 Å². The predicted octanol–water partition coefficient (Wildman–Crippen LogP) is 4.00. The number of ketones is 1. The number of allylic oxidation sites excluding steroid dienone is 1. The number of rotatable bonds is 5. The van der Waals surface area contributed by atoms with Crippen molar-refractivity contribution in [2.45, 2.75) is 36.2 Å². The molecule has 0 N–H and O–H groups in total. The smallest absolute Gasteiger partial charge is 0.192 e. The Balaban J connectivity index is 1.92. The molecule has 1 heterocycles. The van der Waals surface area contributed by atoms with Crippen LogP contribution in [0.5, 0.6) is 0 Å². The maximum absolute atomic E-state index is 11.8. The van der Waals surface area contributed by atoms with E-state index in [0.29, 0.717) is 23.8 Å². The van der Waals surface area contributed by atoms with Crippen LogP contribution in [0, 0.1) is 0 Å². The minimum absolute atomic E-state index is 0.00540. The van der Waals surface area contributed by atoms with E-state index >= 15 is 0 Å². The third-order valence-corrected chi connectivity index (χ3v) is 5.18. The highest BCUT2D eigenvalue weighted by Gasteiger charge is 2.27. The van der Waals surface area contributed by atoms with Crippen LogP contribution in [-0.2, 0) is 11.3 Å². The monoisotopic (exact) mass is 333 g/mol. The van der Waals surface area contributed by atoms with E-state index in [1.165, 1.54) is 11.8 Å². The zero-order chi connectivity index (χ0) is 15.5. The van der Waals surface area contributed by atoms with E-state index in [1.54, 1.807) is 0 Å². The fraction of sp³-hybridized carbons (Fsp3) is 0.312. The van der Waals surface area contributed by atoms with Gasteiger partial charge in [-0.1, -0.05) is 29.4 Å². The third kappa shape index (κ3) is 3.10. The van der Waals surface area contributed by atoms with Gasteiger partial charge >= 0.3 is 0 Å². The number of hydrogen-bond acceptors (Lipinski definition) is 4. The zero-order valence-corrected chi connectivity index (χ0v) is 13.6. The Hall–Kier alpha value is -1.59. The van der Waals surface area contributed by atoms with Gasteiger partial charge in [-0.15, -0.1) is 16.8 Å². The molecule has 0 aliphatic heterocycles. The molecule has 0 radical (unpaired) electrons. The Morgan fingerprint density at radius 3 is 2.77 bits per heavy atom. The highest BCUT2D eigenvalue weighted by atomic mass is 35.5. The summed E-state index contributed by atoms with van der Waals surface area (Å²) in [4.78, 5) is 11.8. The quantitative estimate of drug-likeness (QED) is 0.776. The van der Waals surface area contributed by atoms with Crippen LogP contribution < -0.4 is 0 Å². The molecule has 22 heavy (non-hydrogen) atoms. The fourth-order valence-corrected chi connectivity index (χ4v) is 3.81. The Morgan fingerprint density at radius 1 is 1.36 bits per heavy atom. The van der Waals surface area contributed by atoms with Crippen molar-refractivity contribution in [3.8, 4) is 11.4 Å². The molecule has 114 valence electrons. The number of thioether (sulfide) groups is 1. The first-order valence-corrected chi connectivity index (χ1v) is 8.44. The first-order chi connectivity index (χ1) is 10.7. The van der Waals surface area contributed by atoms with Crippen molar-refractivity contribution in [3.63, 3.8) is 0 Å². The third-order valence-electron chi connectivity index (χ3n) is 3.63. The van der Waals surface area contributed by atoms with E-state index in [1.807, 2.05) is 34.9 Å². The van der Waals surface area contributed by atoms with Crippen molar-refractivity contribution in [1.29, 1.82) is 0 Å². The summed E-state index contributed by atoms with van der Waals surface area (Å²) >= 11 is 7.44. The summed E-state index contributed by atoms with van der Waals surface area (Å²) in [5.74, 6) is 1.08. The molecule has 0 saturated heterocycles. The number of nitrogens with zero attached hydrogens (tertiary/aromatic N) is 3. The van der Waals surface area contributed by atoms with Crippen LogP contribution in [-0.4, -0.2) is 25.8 Å². The molecule has 0 spiro atoms. The molecule has 2 aromatic rings. The maximum atomic E-state index is 11.8. The number of carbonyl (C=O) groups excluding carboxylic acids is 1. The number of carbonyl (C=O) groups is 1. The second-order valence-corrected chi connectivity index (χ2v) is 6.78. The summed E-state index contributed by atoms with van der Waals surface area (Å²) in [5.41, 5.74) is 0.948. The molecule has 4 nitrogen and oxygen atoms in total. The lowest BCUT2D eigenvalue weighted by molar-refractivity contribution is -0.116. The largest absolute Gasteiger partial charge is 0.298 e. The van der Waals surface area contributed by atoms with Gasteiger partial charge < -0.3 is 0 Å². The fourth-order valence-electron chi connectivity index (χ4n) is 2.52. The molecule has 1 aromatic heterocycles. The Morgan fingerprint density at radius 2 is 2.14 bits per heavy atom. The standard InChI is InChI=1S/C16H16ClN3OS/c1-2-10-20-15(11-6-8-12(17)9-7-11)18-19-16(20)22-14-5-3-4-13(14)21/h2,6-9,14H,1,3-5,10H2/t14-/m0/s1. The van der Waals surface area contributed by atoms with Gasteiger partial charge in [0, 0.05) is 23.6 Å². The van der Waals surface area contributed by atoms with Gasteiger partial charge in [-0.05, 0) is 37.1 Å². The minimum Gasteiger partial charge on any atom is -0.298 e. The van der Waals surface area contributed by atoms with Crippen LogP contribution in [0.3, 0.4) is 0 Å². The molecule has 6 heteroatoms. The first kappa shape index (κ1) is 15.3. The number of Topliss-reactive ketones (excluding diaryl/α,β-unsaturated/α-hetero) is 1. The van der Waals surface area contributed by atoms with Crippen molar-refractivity contribution >= 4 is 29.1 Å². The Kier molecular flexibility index (Phi) is 4.64. The van der Waals surface area contributed by atoms with E-state index in [-0.39, 0.29) is 5.25 Å². The van der Waals surface area contributed by atoms with Crippen molar-refractivity contribution in [2.24, 2.45) is 0 Å². The van der Waals surface area contributed by atoms with E-state index in [2.05, 4.69) is 16.8 Å². The molecule has 0 bridgehead atoms. The van der Waals surface area contributed by atoms with Gasteiger partial charge in [-0.3, -0.25) is 9.36 Å². The van der Waals surface area contributed by atoms with Crippen molar-refractivity contribution in [3.05, 3.63) is 41.9 Å². The zero-order valence-electron chi connectivity index (χ0n) is 12.0. The molecule has 0 amide bonds. The Bertz CT molecular complexity index is 696. The summed E-state index contributed by atoms with van der Waals surface area (Å²) in [6, 6.07) is 7.50. The summed E-state index contributed by atoms with van der Waals surface area (Å²) in [7, 11) is 0. The lowest BCUT2D eigenvalue weighted by atomic mass is 10.2. The van der Waals surface area contributed by atoms with Crippen molar-refractivity contribution in [1.82, 2.24) is 14.8 Å². The van der Waals surface area contributed by atoms with Gasteiger partial charge in [0.2, 0.25) is 0 Å². The van der Waals surface area contributed by atoms with Gasteiger partial charge in [-0.2, -0.15) is 0 Å². The number of benzene rings is 1. The minimum atomic E-state index is 0.00540. The summed E-state index contributed by atoms with van der Waals surface area (Å²) < 4.78 is 1.99. The molecule has 1 fully saturated rings. The van der Waals surface area contributed by atoms with Crippen molar-refractivity contribution < 1.29 is 4.79 Å². The molecular formula is C16H16ClN3OS. The first-order valence-electron chi connectivity index (χ1n) is 7.18. The summed E-state index contributed by atoms with van der Waals surface area (Å²) in [6.07, 6.45) is 4.37. The molecule has 1 atom stereocenters. The maximum Gasteiger partial charge on any atom is 0.192 e. The summed E-state index contributed by atoms with van der Waals surface area (Å²) in [6.45, 7) is 4.40. The van der Waals surface area contributed by atoms with Gasteiger partial charge in [0.15, 0.2) is 11.0 Å². The SMILES string of the molecule is C=CCn1c(S[C@H]2CCCC2=O)nnc1-c1ccc(Cl)cc1. The predicted molar refractivity (Wildman–Crippen MR) is 89.2 cm³/mol. The molecule has 3 rings (SSSR count). The second-order valence-electron chi connectivity index (χ2n) is 5.18.